The SMILES string of the molecule is CCCCc1ccc(NC(=O)CN2C(=O)NC(C)(c3ccc(F)cc3)C2=O)cc1. The summed E-state index contributed by atoms with van der Waals surface area (Å²) in [5.74, 6) is -1.47. The van der Waals surface area contributed by atoms with Gasteiger partial charge < -0.3 is 10.6 Å². The molecule has 2 N–H and O–H groups in total. The number of anilines is 1. The normalized spacial score (nSPS) is 18.7. The zero-order valence-electron chi connectivity index (χ0n) is 16.5. The summed E-state index contributed by atoms with van der Waals surface area (Å²) in [7, 11) is 0. The molecule has 2 aromatic carbocycles. The van der Waals surface area contributed by atoms with Crippen molar-refractivity contribution in [3.63, 3.8) is 0 Å². The zero-order chi connectivity index (χ0) is 21.0. The molecule has 1 saturated heterocycles. The van der Waals surface area contributed by atoms with Crippen molar-refractivity contribution in [1.82, 2.24) is 10.2 Å². The summed E-state index contributed by atoms with van der Waals surface area (Å²) < 4.78 is 13.2. The van der Waals surface area contributed by atoms with E-state index in [4.69, 9.17) is 0 Å². The first-order valence-electron chi connectivity index (χ1n) is 9.62. The number of halogens is 1. The number of carbonyl (C=O) groups excluding carboxylic acids is 3. The maximum atomic E-state index is 13.2. The van der Waals surface area contributed by atoms with Crippen LogP contribution in [0.5, 0.6) is 0 Å². The van der Waals surface area contributed by atoms with Crippen LogP contribution in [0.2, 0.25) is 0 Å². The molecule has 0 bridgehead atoms. The van der Waals surface area contributed by atoms with Gasteiger partial charge in [-0.25, -0.2) is 9.18 Å². The molecule has 0 aliphatic carbocycles. The third-order valence-electron chi connectivity index (χ3n) is 5.05. The Labute approximate surface area is 169 Å². The minimum Gasteiger partial charge on any atom is -0.325 e. The zero-order valence-corrected chi connectivity index (χ0v) is 16.5. The maximum absolute atomic E-state index is 13.2. The first-order valence-corrected chi connectivity index (χ1v) is 9.62. The summed E-state index contributed by atoms with van der Waals surface area (Å²) in [5, 5.41) is 5.30. The fourth-order valence-corrected chi connectivity index (χ4v) is 3.30. The van der Waals surface area contributed by atoms with Gasteiger partial charge in [-0.05, 0) is 55.2 Å². The van der Waals surface area contributed by atoms with Gasteiger partial charge in [-0.15, -0.1) is 0 Å². The third kappa shape index (κ3) is 4.45. The molecule has 0 aromatic heterocycles. The van der Waals surface area contributed by atoms with Gasteiger partial charge in [0.2, 0.25) is 5.91 Å². The van der Waals surface area contributed by atoms with Gasteiger partial charge >= 0.3 is 6.03 Å². The van der Waals surface area contributed by atoms with Gasteiger partial charge in [0.15, 0.2) is 0 Å². The monoisotopic (exact) mass is 397 g/mol. The average Bonchev–Trinajstić information content (AvgIpc) is 2.92. The van der Waals surface area contributed by atoms with Crippen LogP contribution in [0.3, 0.4) is 0 Å². The second-order valence-corrected chi connectivity index (χ2v) is 7.30. The van der Waals surface area contributed by atoms with Gasteiger partial charge in [0.05, 0.1) is 0 Å². The van der Waals surface area contributed by atoms with E-state index in [9.17, 15) is 18.8 Å². The molecule has 1 fully saturated rings. The minimum absolute atomic E-state index is 0.404. The number of urea groups is 1. The van der Waals surface area contributed by atoms with Crippen molar-refractivity contribution < 1.29 is 18.8 Å². The molecule has 4 amide bonds. The Morgan fingerprint density at radius 1 is 1.10 bits per heavy atom. The van der Waals surface area contributed by atoms with Crippen molar-refractivity contribution in [2.24, 2.45) is 0 Å². The van der Waals surface area contributed by atoms with Crippen molar-refractivity contribution in [2.45, 2.75) is 38.6 Å². The lowest BCUT2D eigenvalue weighted by atomic mass is 9.92. The maximum Gasteiger partial charge on any atom is 0.325 e. The van der Waals surface area contributed by atoms with Crippen LogP contribution in [0.4, 0.5) is 14.9 Å². The van der Waals surface area contributed by atoms with Gasteiger partial charge in [-0.2, -0.15) is 0 Å². The Balaban J connectivity index is 1.65. The molecule has 1 aliphatic rings. The summed E-state index contributed by atoms with van der Waals surface area (Å²) in [5.41, 5.74) is 0.895. The number of unbranched alkanes of at least 4 members (excludes halogenated alkanes) is 1. The molecular weight excluding hydrogens is 373 g/mol. The number of amides is 4. The number of hydrogen-bond donors (Lipinski definition) is 2. The van der Waals surface area contributed by atoms with E-state index in [0.717, 1.165) is 24.2 Å². The topological polar surface area (TPSA) is 78.5 Å². The van der Waals surface area contributed by atoms with E-state index in [2.05, 4.69) is 17.6 Å². The number of carbonyl (C=O) groups is 3. The first kappa shape index (κ1) is 20.5. The van der Waals surface area contributed by atoms with E-state index in [1.54, 1.807) is 12.1 Å². The first-order chi connectivity index (χ1) is 13.8. The number of rotatable bonds is 7. The molecule has 7 heteroatoms. The molecule has 6 nitrogen and oxygen atoms in total. The fourth-order valence-electron chi connectivity index (χ4n) is 3.30. The summed E-state index contributed by atoms with van der Waals surface area (Å²) in [6.45, 7) is 3.26. The van der Waals surface area contributed by atoms with Crippen molar-refractivity contribution >= 4 is 23.5 Å². The molecule has 152 valence electrons. The van der Waals surface area contributed by atoms with Crippen LogP contribution in [0.25, 0.3) is 0 Å². The highest BCUT2D eigenvalue weighted by Crippen LogP contribution is 2.28. The van der Waals surface area contributed by atoms with Crippen LogP contribution in [-0.4, -0.2) is 29.3 Å². The lowest BCUT2D eigenvalue weighted by molar-refractivity contribution is -0.133. The van der Waals surface area contributed by atoms with Crippen LogP contribution in [-0.2, 0) is 21.5 Å². The van der Waals surface area contributed by atoms with Crippen LogP contribution >= 0.6 is 0 Å². The highest BCUT2D eigenvalue weighted by molar-refractivity contribution is 6.10. The Morgan fingerprint density at radius 3 is 2.38 bits per heavy atom. The van der Waals surface area contributed by atoms with E-state index in [1.807, 2.05) is 12.1 Å². The van der Waals surface area contributed by atoms with E-state index in [1.165, 1.54) is 36.8 Å². The van der Waals surface area contributed by atoms with E-state index in [-0.39, 0.29) is 0 Å². The minimum atomic E-state index is -1.34. The van der Waals surface area contributed by atoms with Crippen LogP contribution in [0, 0.1) is 5.82 Å². The second kappa shape index (κ2) is 8.43. The number of imide groups is 1. The third-order valence-corrected chi connectivity index (χ3v) is 5.05. The number of aryl methyl sites for hydroxylation is 1. The number of benzene rings is 2. The van der Waals surface area contributed by atoms with Gasteiger partial charge in [-0.3, -0.25) is 14.5 Å². The summed E-state index contributed by atoms with van der Waals surface area (Å²) in [4.78, 5) is 38.4. The Morgan fingerprint density at radius 2 is 1.76 bits per heavy atom. The van der Waals surface area contributed by atoms with E-state index < -0.39 is 35.7 Å². The molecule has 2 aromatic rings. The van der Waals surface area contributed by atoms with Crippen molar-refractivity contribution in [3.05, 3.63) is 65.5 Å². The summed E-state index contributed by atoms with van der Waals surface area (Å²) in [6.07, 6.45) is 3.20. The van der Waals surface area contributed by atoms with E-state index >= 15 is 0 Å². The molecule has 3 rings (SSSR count). The smallest absolute Gasteiger partial charge is 0.325 e. The molecule has 0 radical (unpaired) electrons. The standard InChI is InChI=1S/C22H24FN3O3/c1-3-4-5-15-6-12-18(13-7-15)24-19(27)14-26-20(28)22(2,25-21(26)29)16-8-10-17(23)11-9-16/h6-13H,3-5,14H2,1-2H3,(H,24,27)(H,25,29). The average molecular weight is 397 g/mol. The molecule has 29 heavy (non-hydrogen) atoms. The molecule has 0 spiro atoms. The highest BCUT2D eigenvalue weighted by Gasteiger charge is 2.49. The van der Waals surface area contributed by atoms with Gasteiger partial charge in [-0.1, -0.05) is 37.6 Å². The second-order valence-electron chi connectivity index (χ2n) is 7.30. The molecule has 1 atom stereocenters. The Bertz CT molecular complexity index is 912. The predicted octanol–water partition coefficient (Wildman–Crippen LogP) is 3.57. The van der Waals surface area contributed by atoms with Crippen molar-refractivity contribution in [2.75, 3.05) is 11.9 Å². The van der Waals surface area contributed by atoms with Crippen LogP contribution in [0.15, 0.2) is 48.5 Å². The van der Waals surface area contributed by atoms with E-state index in [0.29, 0.717) is 11.3 Å². The Hall–Kier alpha value is -3.22. The lowest BCUT2D eigenvalue weighted by Gasteiger charge is -2.22. The van der Waals surface area contributed by atoms with Gasteiger partial charge in [0.25, 0.3) is 5.91 Å². The highest BCUT2D eigenvalue weighted by atomic mass is 19.1. The van der Waals surface area contributed by atoms with Gasteiger partial charge in [0.1, 0.15) is 17.9 Å². The van der Waals surface area contributed by atoms with Crippen molar-refractivity contribution in [1.29, 1.82) is 0 Å². The largest absolute Gasteiger partial charge is 0.325 e. The number of nitrogens with zero attached hydrogens (tertiary/aromatic N) is 1. The molecular formula is C22H24FN3O3. The molecule has 0 saturated carbocycles. The van der Waals surface area contributed by atoms with Gasteiger partial charge in [0, 0.05) is 5.69 Å². The predicted molar refractivity (Wildman–Crippen MR) is 108 cm³/mol. The number of nitrogens with one attached hydrogen (secondary N) is 2. The van der Waals surface area contributed by atoms with Crippen LogP contribution < -0.4 is 10.6 Å². The Kier molecular flexibility index (Phi) is 5.96. The fraction of sp³-hybridized carbons (Fsp3) is 0.318. The summed E-state index contributed by atoms with van der Waals surface area (Å²) >= 11 is 0. The quantitative estimate of drug-likeness (QED) is 0.701. The number of hydrogen-bond acceptors (Lipinski definition) is 3. The van der Waals surface area contributed by atoms with Crippen molar-refractivity contribution in [3.8, 4) is 0 Å². The molecule has 1 heterocycles. The lowest BCUT2D eigenvalue weighted by Crippen LogP contribution is -2.42. The summed E-state index contributed by atoms with van der Waals surface area (Å²) in [6, 6.07) is 12.2. The molecule has 1 aliphatic heterocycles. The molecule has 1 unspecified atom stereocenters. The van der Waals surface area contributed by atoms with Crippen LogP contribution in [0.1, 0.15) is 37.8 Å².